The molecule has 0 atom stereocenters. The molecule has 1 aromatic heterocycles. The molecule has 0 radical (unpaired) electrons. The van der Waals surface area contributed by atoms with Gasteiger partial charge in [0.1, 0.15) is 5.57 Å². The van der Waals surface area contributed by atoms with E-state index in [1.165, 1.54) is 4.57 Å². The molecule has 4 heteroatoms. The lowest BCUT2D eigenvalue weighted by Crippen LogP contribution is -2.17. The number of hydrogen-bond acceptors (Lipinski definition) is 3. The zero-order valence-electron chi connectivity index (χ0n) is 9.06. The van der Waals surface area contributed by atoms with E-state index in [0.29, 0.717) is 11.3 Å². The standard InChI is InChI=1S/C12H12N2O2/c1-13-6-2-4-8(13)10-11(15)9-5-3-7-14(9)12(10)16/h3,5,7H,2,4,6H2,1H3/b10-8+. The van der Waals surface area contributed by atoms with Gasteiger partial charge in [-0.25, -0.2) is 0 Å². The number of carbonyl (C=O) groups excluding carboxylic acids is 2. The fraction of sp³-hybridized carbons (Fsp3) is 0.333. The smallest absolute Gasteiger partial charge is 0.268 e. The second-order valence-electron chi connectivity index (χ2n) is 4.24. The van der Waals surface area contributed by atoms with Crippen LogP contribution in [0.15, 0.2) is 29.6 Å². The van der Waals surface area contributed by atoms with E-state index in [1.807, 2.05) is 11.9 Å². The monoisotopic (exact) mass is 216 g/mol. The Balaban J connectivity index is 2.17. The van der Waals surface area contributed by atoms with Crippen LogP contribution in [0.4, 0.5) is 0 Å². The summed E-state index contributed by atoms with van der Waals surface area (Å²) in [4.78, 5) is 26.1. The first-order chi connectivity index (χ1) is 7.70. The summed E-state index contributed by atoms with van der Waals surface area (Å²) in [5.74, 6) is -0.299. The van der Waals surface area contributed by atoms with Crippen LogP contribution < -0.4 is 0 Å². The largest absolute Gasteiger partial charge is 0.377 e. The van der Waals surface area contributed by atoms with Crippen LogP contribution >= 0.6 is 0 Å². The summed E-state index contributed by atoms with van der Waals surface area (Å²) >= 11 is 0. The van der Waals surface area contributed by atoms with Crippen molar-refractivity contribution < 1.29 is 9.59 Å². The van der Waals surface area contributed by atoms with Crippen LogP contribution in [0.5, 0.6) is 0 Å². The summed E-state index contributed by atoms with van der Waals surface area (Å²) in [5, 5.41) is 0. The third-order valence-electron chi connectivity index (χ3n) is 3.30. The summed E-state index contributed by atoms with van der Waals surface area (Å²) in [6, 6.07) is 3.42. The molecule has 0 amide bonds. The Kier molecular flexibility index (Phi) is 1.80. The van der Waals surface area contributed by atoms with E-state index in [-0.39, 0.29) is 11.7 Å². The summed E-state index contributed by atoms with van der Waals surface area (Å²) in [6.07, 6.45) is 3.50. The van der Waals surface area contributed by atoms with E-state index in [2.05, 4.69) is 0 Å². The number of hydrogen-bond donors (Lipinski definition) is 0. The third-order valence-corrected chi connectivity index (χ3v) is 3.30. The lowest BCUT2D eigenvalue weighted by atomic mass is 10.1. The molecule has 0 spiro atoms. The maximum Gasteiger partial charge on any atom is 0.268 e. The quantitative estimate of drug-likeness (QED) is 0.485. The molecule has 1 fully saturated rings. The van der Waals surface area contributed by atoms with E-state index in [1.54, 1.807) is 18.3 Å². The van der Waals surface area contributed by atoms with Crippen LogP contribution in [0.2, 0.25) is 0 Å². The summed E-state index contributed by atoms with van der Waals surface area (Å²) in [7, 11) is 1.93. The Morgan fingerprint density at radius 1 is 1.31 bits per heavy atom. The Morgan fingerprint density at radius 2 is 2.12 bits per heavy atom. The molecule has 0 unspecified atom stereocenters. The molecule has 0 N–H and O–H groups in total. The zero-order chi connectivity index (χ0) is 11.3. The van der Waals surface area contributed by atoms with Gasteiger partial charge in [0.2, 0.25) is 5.78 Å². The molecular weight excluding hydrogens is 204 g/mol. The third kappa shape index (κ3) is 1.04. The molecule has 16 heavy (non-hydrogen) atoms. The number of fused-ring (bicyclic) bond motifs is 1. The van der Waals surface area contributed by atoms with Gasteiger partial charge in [-0.15, -0.1) is 0 Å². The molecule has 0 aromatic carbocycles. The molecule has 0 saturated carbocycles. The fourth-order valence-corrected chi connectivity index (χ4v) is 2.47. The van der Waals surface area contributed by atoms with Crippen LogP contribution in [0.3, 0.4) is 0 Å². The number of rotatable bonds is 0. The second-order valence-corrected chi connectivity index (χ2v) is 4.24. The van der Waals surface area contributed by atoms with E-state index in [0.717, 1.165) is 25.1 Å². The highest BCUT2D eigenvalue weighted by Crippen LogP contribution is 2.29. The van der Waals surface area contributed by atoms with Gasteiger partial charge >= 0.3 is 0 Å². The van der Waals surface area contributed by atoms with E-state index < -0.39 is 0 Å². The van der Waals surface area contributed by atoms with Crippen LogP contribution in [-0.2, 0) is 0 Å². The first-order valence-corrected chi connectivity index (χ1v) is 5.41. The average molecular weight is 216 g/mol. The van der Waals surface area contributed by atoms with Crippen molar-refractivity contribution in [2.75, 3.05) is 13.6 Å². The summed E-state index contributed by atoms with van der Waals surface area (Å²) in [6.45, 7) is 0.925. The number of likely N-dealkylation sites (tertiary alicyclic amines) is 1. The van der Waals surface area contributed by atoms with E-state index >= 15 is 0 Å². The number of aromatic nitrogens is 1. The number of ketones is 1. The average Bonchev–Trinajstić information content (AvgIpc) is 2.90. The molecule has 82 valence electrons. The Labute approximate surface area is 93.2 Å². The first-order valence-electron chi connectivity index (χ1n) is 5.41. The molecule has 0 aliphatic carbocycles. The summed E-state index contributed by atoms with van der Waals surface area (Å²) < 4.78 is 1.44. The predicted octanol–water partition coefficient (Wildman–Crippen LogP) is 1.30. The van der Waals surface area contributed by atoms with E-state index in [4.69, 9.17) is 0 Å². The molecule has 3 rings (SSSR count). The van der Waals surface area contributed by atoms with Gasteiger partial charge in [-0.2, -0.15) is 0 Å². The lowest BCUT2D eigenvalue weighted by Gasteiger charge is -2.13. The highest BCUT2D eigenvalue weighted by atomic mass is 16.2. The molecule has 4 nitrogen and oxygen atoms in total. The van der Waals surface area contributed by atoms with Gasteiger partial charge in [-0.05, 0) is 25.0 Å². The van der Waals surface area contributed by atoms with Gasteiger partial charge in [0, 0.05) is 25.5 Å². The van der Waals surface area contributed by atoms with Gasteiger partial charge in [0.25, 0.3) is 5.91 Å². The van der Waals surface area contributed by atoms with Crippen LogP contribution in [0.1, 0.15) is 28.1 Å². The fourth-order valence-electron chi connectivity index (χ4n) is 2.47. The number of Topliss-reactive ketones (excluding diaryl/α,β-unsaturated/α-hetero) is 1. The van der Waals surface area contributed by atoms with Gasteiger partial charge < -0.3 is 4.90 Å². The Bertz CT molecular complexity index is 492. The molecule has 1 aromatic rings. The number of allylic oxidation sites excluding steroid dienone is 2. The number of nitrogens with zero attached hydrogens (tertiary/aromatic N) is 2. The lowest BCUT2D eigenvalue weighted by molar-refractivity contribution is 0.0948. The van der Waals surface area contributed by atoms with Crippen LogP contribution in [0.25, 0.3) is 0 Å². The van der Waals surface area contributed by atoms with Gasteiger partial charge in [-0.1, -0.05) is 0 Å². The topological polar surface area (TPSA) is 42.3 Å². The predicted molar refractivity (Wildman–Crippen MR) is 58.3 cm³/mol. The van der Waals surface area contributed by atoms with Crippen molar-refractivity contribution in [3.63, 3.8) is 0 Å². The molecule has 3 heterocycles. The minimum Gasteiger partial charge on any atom is -0.377 e. The normalized spacial score (nSPS) is 24.4. The molecular formula is C12H12N2O2. The first kappa shape index (κ1) is 9.39. The molecule has 2 aliphatic rings. The van der Waals surface area contributed by atoms with Crippen molar-refractivity contribution in [1.82, 2.24) is 9.47 Å². The van der Waals surface area contributed by atoms with Gasteiger partial charge in [0.15, 0.2) is 0 Å². The maximum atomic E-state index is 12.1. The SMILES string of the molecule is CN1CCC/C1=C1/C(=O)c2cccn2C1=O. The molecule has 1 saturated heterocycles. The van der Waals surface area contributed by atoms with Crippen LogP contribution in [-0.4, -0.2) is 34.7 Å². The van der Waals surface area contributed by atoms with Crippen molar-refractivity contribution in [2.45, 2.75) is 12.8 Å². The minimum absolute atomic E-state index is 0.126. The number of carbonyl (C=O) groups is 2. The van der Waals surface area contributed by atoms with Crippen molar-refractivity contribution in [2.24, 2.45) is 0 Å². The summed E-state index contributed by atoms with van der Waals surface area (Å²) in [5.41, 5.74) is 1.77. The zero-order valence-corrected chi connectivity index (χ0v) is 9.06. The van der Waals surface area contributed by atoms with E-state index in [9.17, 15) is 9.59 Å². The Hall–Kier alpha value is -1.84. The molecule has 2 aliphatic heterocycles. The highest BCUT2D eigenvalue weighted by Gasteiger charge is 2.36. The highest BCUT2D eigenvalue weighted by molar-refractivity contribution is 6.32. The maximum absolute atomic E-state index is 12.1. The van der Waals surface area contributed by atoms with Crippen molar-refractivity contribution in [3.8, 4) is 0 Å². The molecule has 0 bridgehead atoms. The Morgan fingerprint density at radius 3 is 2.75 bits per heavy atom. The van der Waals surface area contributed by atoms with Gasteiger partial charge in [0.05, 0.1) is 5.69 Å². The minimum atomic E-state index is -0.172. The van der Waals surface area contributed by atoms with Crippen molar-refractivity contribution in [1.29, 1.82) is 0 Å². The second kappa shape index (κ2) is 3.07. The van der Waals surface area contributed by atoms with Gasteiger partial charge in [-0.3, -0.25) is 14.2 Å². The van der Waals surface area contributed by atoms with Crippen LogP contribution in [0, 0.1) is 0 Å². The van der Waals surface area contributed by atoms with Crippen molar-refractivity contribution >= 4 is 11.7 Å². The van der Waals surface area contributed by atoms with Crippen molar-refractivity contribution in [3.05, 3.63) is 35.3 Å².